The van der Waals surface area contributed by atoms with Gasteiger partial charge in [-0.15, -0.1) is 10.2 Å². The highest BCUT2D eigenvalue weighted by Crippen LogP contribution is 2.37. The molecule has 3 rings (SSSR count). The number of benzene rings is 1. The summed E-state index contributed by atoms with van der Waals surface area (Å²) < 4.78 is 25.1. The number of aromatic nitrogens is 3. The van der Waals surface area contributed by atoms with E-state index >= 15 is 0 Å². The minimum absolute atomic E-state index is 0.221. The molecule has 1 aliphatic rings. The Morgan fingerprint density at radius 2 is 2.00 bits per heavy atom. The van der Waals surface area contributed by atoms with Crippen LogP contribution in [0.15, 0.2) is 23.1 Å². The molecule has 11 heteroatoms. The first-order valence-electron chi connectivity index (χ1n) is 8.12. The molecule has 1 aliphatic heterocycles. The van der Waals surface area contributed by atoms with E-state index in [9.17, 15) is 18.5 Å². The number of rotatable bonds is 4. The Hall–Kier alpha value is -2.53. The molecule has 1 aromatic carbocycles. The van der Waals surface area contributed by atoms with Crippen LogP contribution in [-0.2, 0) is 16.6 Å². The fourth-order valence-corrected chi connectivity index (χ4v) is 3.77. The number of nitro groups is 1. The molecule has 0 bridgehead atoms. The summed E-state index contributed by atoms with van der Waals surface area (Å²) >= 11 is 0. The largest absolute Gasteiger partial charge is 0.354 e. The monoisotopic (exact) mass is 380 g/mol. The number of fused-ring (bicyclic) bond motifs is 1. The van der Waals surface area contributed by atoms with Gasteiger partial charge in [0, 0.05) is 25.1 Å². The number of anilines is 1. The van der Waals surface area contributed by atoms with Crippen molar-refractivity contribution in [3.63, 3.8) is 0 Å². The Balaban J connectivity index is 2.05. The number of hydrogen-bond acceptors (Lipinski definition) is 7. The maximum atomic E-state index is 11.5. The van der Waals surface area contributed by atoms with E-state index in [1.165, 1.54) is 12.1 Å². The average Bonchev–Trinajstić information content (AvgIpc) is 2.99. The predicted octanol–water partition coefficient (Wildman–Crippen LogP) is 1.54. The molecule has 0 radical (unpaired) electrons. The average molecular weight is 380 g/mol. The highest BCUT2D eigenvalue weighted by Gasteiger charge is 2.33. The van der Waals surface area contributed by atoms with Crippen LogP contribution < -0.4 is 10.0 Å². The van der Waals surface area contributed by atoms with Crippen LogP contribution in [0.5, 0.6) is 0 Å². The number of nitro benzene ring substituents is 1. The first kappa shape index (κ1) is 18.3. The molecular weight excluding hydrogens is 360 g/mol. The van der Waals surface area contributed by atoms with Gasteiger partial charge in [-0.25, -0.2) is 13.6 Å². The highest BCUT2D eigenvalue weighted by molar-refractivity contribution is 7.89. The first-order chi connectivity index (χ1) is 12.1. The number of nitrogens with zero attached hydrogens (tertiary/aromatic N) is 5. The van der Waals surface area contributed by atoms with Crippen molar-refractivity contribution in [2.24, 2.45) is 5.14 Å². The molecule has 10 nitrogen and oxygen atoms in total. The molecule has 140 valence electrons. The summed E-state index contributed by atoms with van der Waals surface area (Å²) in [5, 5.41) is 25.1. The summed E-state index contributed by atoms with van der Waals surface area (Å²) in [5.74, 6) is 1.83. The van der Waals surface area contributed by atoms with E-state index in [0.29, 0.717) is 18.8 Å². The van der Waals surface area contributed by atoms with Gasteiger partial charge in [0.15, 0.2) is 5.82 Å². The highest BCUT2D eigenvalue weighted by atomic mass is 32.2. The van der Waals surface area contributed by atoms with Gasteiger partial charge in [-0.3, -0.25) is 10.1 Å². The van der Waals surface area contributed by atoms with Crippen LogP contribution in [0, 0.1) is 10.1 Å². The van der Waals surface area contributed by atoms with Crippen LogP contribution in [0.4, 0.5) is 11.4 Å². The van der Waals surface area contributed by atoms with Crippen LogP contribution in [-0.4, -0.2) is 34.7 Å². The second kappa shape index (κ2) is 6.32. The molecule has 1 atom stereocenters. The molecule has 2 N–H and O–H groups in total. The number of primary sulfonamides is 1. The molecule has 0 saturated carbocycles. The van der Waals surface area contributed by atoms with E-state index < -0.39 is 14.9 Å². The van der Waals surface area contributed by atoms with E-state index in [1.54, 1.807) is 0 Å². The molecule has 0 spiro atoms. The SMILES string of the molecule is CC(C)c1nnc2n1CCN(c1ccc(S(N)(=O)=O)cc1[N+](=O)[O-])C2C. The van der Waals surface area contributed by atoms with Crippen molar-refractivity contribution in [3.8, 4) is 0 Å². The van der Waals surface area contributed by atoms with Gasteiger partial charge in [0.2, 0.25) is 10.0 Å². The quantitative estimate of drug-likeness (QED) is 0.627. The van der Waals surface area contributed by atoms with Gasteiger partial charge in [0.1, 0.15) is 11.5 Å². The van der Waals surface area contributed by atoms with Crippen molar-refractivity contribution < 1.29 is 13.3 Å². The van der Waals surface area contributed by atoms with Crippen LogP contribution in [0.1, 0.15) is 44.4 Å². The van der Waals surface area contributed by atoms with Crippen LogP contribution in [0.2, 0.25) is 0 Å². The van der Waals surface area contributed by atoms with Crippen molar-refractivity contribution in [2.45, 2.75) is 44.2 Å². The molecule has 0 aliphatic carbocycles. The van der Waals surface area contributed by atoms with Crippen molar-refractivity contribution in [3.05, 3.63) is 40.0 Å². The van der Waals surface area contributed by atoms with E-state index in [0.717, 1.165) is 17.7 Å². The third-order valence-electron chi connectivity index (χ3n) is 4.51. The molecule has 26 heavy (non-hydrogen) atoms. The molecule has 2 aromatic rings. The second-order valence-corrected chi connectivity index (χ2v) is 8.11. The van der Waals surface area contributed by atoms with Crippen LogP contribution >= 0.6 is 0 Å². The van der Waals surface area contributed by atoms with E-state index in [1.807, 2.05) is 30.2 Å². The Bertz CT molecular complexity index is 969. The number of nitrogens with two attached hydrogens (primary N) is 1. The lowest BCUT2D eigenvalue weighted by atomic mass is 10.1. The Kier molecular flexibility index (Phi) is 4.44. The number of sulfonamides is 1. The molecule has 2 heterocycles. The molecular formula is C15H20N6O4S. The van der Waals surface area contributed by atoms with E-state index in [4.69, 9.17) is 5.14 Å². The molecule has 0 saturated heterocycles. The standard InChI is InChI=1S/C15H20N6O4S/c1-9(2)14-17-18-15-10(3)19(6-7-20(14)15)12-5-4-11(26(16,24)25)8-13(12)21(22)23/h4-5,8-10H,6-7H2,1-3H3,(H2,16,24,25). The lowest BCUT2D eigenvalue weighted by molar-refractivity contribution is -0.384. The Morgan fingerprint density at radius 1 is 1.31 bits per heavy atom. The summed E-state index contributed by atoms with van der Waals surface area (Å²) in [5.41, 5.74) is 0.0238. The maximum Gasteiger partial charge on any atom is 0.293 e. The van der Waals surface area contributed by atoms with Gasteiger partial charge < -0.3 is 9.47 Å². The Morgan fingerprint density at radius 3 is 2.58 bits per heavy atom. The molecule has 0 amide bonds. The zero-order valence-corrected chi connectivity index (χ0v) is 15.5. The van der Waals surface area contributed by atoms with Crippen LogP contribution in [0.25, 0.3) is 0 Å². The second-order valence-electron chi connectivity index (χ2n) is 6.54. The van der Waals surface area contributed by atoms with Gasteiger partial charge in [-0.1, -0.05) is 13.8 Å². The maximum absolute atomic E-state index is 11.5. The molecule has 1 unspecified atom stereocenters. The third-order valence-corrected chi connectivity index (χ3v) is 5.42. The summed E-state index contributed by atoms with van der Waals surface area (Å²) in [6, 6.07) is 3.45. The van der Waals surface area contributed by atoms with Crippen molar-refractivity contribution >= 4 is 21.4 Å². The fourth-order valence-electron chi connectivity index (χ4n) is 3.23. The first-order valence-corrected chi connectivity index (χ1v) is 9.66. The van der Waals surface area contributed by atoms with E-state index in [-0.39, 0.29) is 22.5 Å². The van der Waals surface area contributed by atoms with Crippen molar-refractivity contribution in [2.75, 3.05) is 11.4 Å². The minimum Gasteiger partial charge on any atom is -0.354 e. The Labute approximate surface area is 150 Å². The summed E-state index contributed by atoms with van der Waals surface area (Å²) in [4.78, 5) is 12.4. The predicted molar refractivity (Wildman–Crippen MR) is 94.3 cm³/mol. The third kappa shape index (κ3) is 3.03. The normalized spacial score (nSPS) is 17.4. The summed E-state index contributed by atoms with van der Waals surface area (Å²) in [6.07, 6.45) is 0. The zero-order valence-electron chi connectivity index (χ0n) is 14.7. The van der Waals surface area contributed by atoms with Crippen molar-refractivity contribution in [1.82, 2.24) is 14.8 Å². The summed E-state index contributed by atoms with van der Waals surface area (Å²) in [7, 11) is -4.02. The molecule has 0 fully saturated rings. The number of hydrogen-bond donors (Lipinski definition) is 1. The lowest BCUT2D eigenvalue weighted by Crippen LogP contribution is -2.38. The van der Waals surface area contributed by atoms with Gasteiger partial charge in [0.25, 0.3) is 5.69 Å². The van der Waals surface area contributed by atoms with Gasteiger partial charge in [0.05, 0.1) is 15.9 Å². The van der Waals surface area contributed by atoms with Gasteiger partial charge >= 0.3 is 0 Å². The minimum atomic E-state index is -4.02. The van der Waals surface area contributed by atoms with Gasteiger partial charge in [-0.2, -0.15) is 0 Å². The molecule has 1 aromatic heterocycles. The zero-order chi connectivity index (χ0) is 19.2. The smallest absolute Gasteiger partial charge is 0.293 e. The van der Waals surface area contributed by atoms with Crippen LogP contribution in [0.3, 0.4) is 0 Å². The fraction of sp³-hybridized carbons (Fsp3) is 0.467. The van der Waals surface area contributed by atoms with Crippen molar-refractivity contribution in [1.29, 1.82) is 0 Å². The topological polar surface area (TPSA) is 137 Å². The van der Waals surface area contributed by atoms with Gasteiger partial charge in [-0.05, 0) is 19.1 Å². The van der Waals surface area contributed by atoms with E-state index in [2.05, 4.69) is 10.2 Å². The lowest BCUT2D eigenvalue weighted by Gasteiger charge is -2.35. The summed E-state index contributed by atoms with van der Waals surface area (Å²) in [6.45, 7) is 7.06.